The van der Waals surface area contributed by atoms with E-state index in [0.29, 0.717) is 11.3 Å². The Morgan fingerprint density at radius 3 is 1.37 bits per heavy atom. The first-order valence-corrected chi connectivity index (χ1v) is 37.8. The van der Waals surface area contributed by atoms with E-state index >= 15 is 0 Å². The summed E-state index contributed by atoms with van der Waals surface area (Å²) in [5, 5.41) is 63.9. The third kappa shape index (κ3) is 33.5. The molecule has 2 aromatic rings. The highest BCUT2D eigenvalue weighted by Gasteiger charge is 2.42. The van der Waals surface area contributed by atoms with Crippen LogP contribution >= 0.6 is 50.5 Å². The minimum Gasteiger partial charge on any atom is -0.508 e. The Morgan fingerprint density at radius 2 is 0.888 bits per heavy atom. The Bertz CT molecular complexity index is 3910. The Hall–Kier alpha value is -11.6. The number of aromatic amines is 1. The van der Waals surface area contributed by atoms with Crippen molar-refractivity contribution in [1.82, 2.24) is 94.6 Å². The molecule has 51 heteroatoms. The summed E-state index contributed by atoms with van der Waals surface area (Å²) in [5.74, 6) is -25.0. The molecule has 0 unspecified atom stereocenters. The molecular formula is C65H97N23O24S4. The van der Waals surface area contributed by atoms with Crippen LogP contribution in [0.4, 0.5) is 0 Å². The lowest BCUT2D eigenvalue weighted by molar-refractivity contribution is -0.142. The molecule has 29 N–H and O–H groups in total. The van der Waals surface area contributed by atoms with Crippen molar-refractivity contribution in [2.24, 2.45) is 28.7 Å². The number of nitrogens with two attached hydrogens (primary N) is 5. The van der Waals surface area contributed by atoms with Gasteiger partial charge in [-0.25, -0.2) is 4.98 Å². The number of nitrogens with one attached hydrogen (secondary N) is 16. The number of nitrogens with zero attached hydrogens (tertiary/aromatic N) is 2. The Morgan fingerprint density at radius 1 is 0.483 bits per heavy atom. The smallest absolute Gasteiger partial charge is 0.305 e. The van der Waals surface area contributed by atoms with Gasteiger partial charge >= 0.3 is 5.97 Å². The zero-order valence-electron chi connectivity index (χ0n) is 62.6. The number of H-pyrrole nitrogens is 1. The number of phenolic OH excluding ortho intramolecular Hbond substituents is 1. The molecule has 0 bridgehead atoms. The highest BCUT2D eigenvalue weighted by atomic mass is 32.1. The van der Waals surface area contributed by atoms with E-state index in [4.69, 9.17) is 28.7 Å². The topological polar surface area (TPSA) is 762 Å². The number of hydrogen-bond donors (Lipinski definition) is 28. The van der Waals surface area contributed by atoms with Crippen molar-refractivity contribution >= 4 is 175 Å². The highest BCUT2D eigenvalue weighted by molar-refractivity contribution is 7.80. The summed E-state index contributed by atoms with van der Waals surface area (Å²) in [5.41, 5.74) is 27.3. The second-order valence-electron chi connectivity index (χ2n) is 26.0. The average molecular weight is 1710 g/mol. The average Bonchev–Trinajstić information content (AvgIpc) is 1.58. The number of carbonyl (C=O) groups is 21. The van der Waals surface area contributed by atoms with Crippen LogP contribution in [0.3, 0.4) is 0 Å². The number of carboxylic acid groups (broad SMARTS) is 1. The lowest BCUT2D eigenvalue weighted by atomic mass is 10.0. The van der Waals surface area contributed by atoms with Gasteiger partial charge in [-0.05, 0) is 57.7 Å². The quantitative estimate of drug-likeness (QED) is 0.0274. The van der Waals surface area contributed by atoms with Gasteiger partial charge in [-0.1, -0.05) is 12.1 Å². The fourth-order valence-corrected chi connectivity index (χ4v) is 11.6. The van der Waals surface area contributed by atoms with E-state index in [-0.39, 0.29) is 55.2 Å². The lowest BCUT2D eigenvalue weighted by Gasteiger charge is -2.30. The van der Waals surface area contributed by atoms with Crippen LogP contribution in [0.15, 0.2) is 36.8 Å². The van der Waals surface area contributed by atoms with Gasteiger partial charge in [0.2, 0.25) is 118 Å². The molecule has 0 radical (unpaired) electrons. The van der Waals surface area contributed by atoms with Gasteiger partial charge in [-0.15, -0.1) is 0 Å². The number of primary amides is 4. The second kappa shape index (κ2) is 49.2. The highest BCUT2D eigenvalue weighted by Crippen LogP contribution is 2.21. The van der Waals surface area contributed by atoms with E-state index in [1.807, 2.05) is 0 Å². The number of rotatable bonds is 50. The Kier molecular flexibility index (Phi) is 41.9. The SMILES string of the molecule is C[C@H](NC(=O)[C@H](C)NC(=O)[C@H](CS)NC(=O)[C@H](C)NC(=O)[C@H]1CCCN1C(=O)[C@H](Cc1cnc[nH]1)NC(=O)[C@H](CO)NC(=O)[C@H](CS)NC(=O)[C@H](CS)NC(=O)CNC(=O)CN)C(=O)N[C@@H](CC(N)=O)C(=O)N[C@@H](CC(N)=O)C(=O)N[C@@H](CCC(N)=O)C(=O)N[C@@H](CC(=O)O)C(=O)N[C@@H](Cc1ccc(O)cc1)C(=O)N[C@@H](CS)C(N)=O. The van der Waals surface area contributed by atoms with Crippen molar-refractivity contribution < 1.29 is 116 Å². The lowest BCUT2D eigenvalue weighted by Crippen LogP contribution is -2.61. The van der Waals surface area contributed by atoms with Crippen LogP contribution in [0.2, 0.25) is 0 Å². The molecule has 1 aromatic heterocycles. The van der Waals surface area contributed by atoms with E-state index in [0.717, 1.165) is 18.7 Å². The molecule has 2 heterocycles. The van der Waals surface area contributed by atoms with Gasteiger partial charge in [0.05, 0.1) is 45.3 Å². The molecule has 0 spiro atoms. The zero-order valence-corrected chi connectivity index (χ0v) is 66.2. The summed E-state index contributed by atoms with van der Waals surface area (Å²) in [6.07, 6.45) is -2.48. The molecule has 1 fully saturated rings. The maximum Gasteiger partial charge on any atom is 0.305 e. The van der Waals surface area contributed by atoms with Crippen LogP contribution in [0.1, 0.15) is 77.0 Å². The number of phenols is 1. The van der Waals surface area contributed by atoms with Gasteiger partial charge in [0.1, 0.15) is 96.4 Å². The fourth-order valence-electron chi connectivity index (χ4n) is 10.6. The van der Waals surface area contributed by atoms with Crippen LogP contribution in [-0.4, -0.2) is 294 Å². The van der Waals surface area contributed by atoms with E-state index in [9.17, 15) is 116 Å². The molecule has 1 aromatic carbocycles. The standard InChI is InChI=1S/C65H97N23O24S4/c1-27(75-61(108)42(24-115)86-54(101)29(3)76-64(111)44-5-4-12-88(44)65(112)38(14-31-19-71-26-73-31)83-60(107)39(21-89)84-63(110)43(25-116)87-62(109)41(23-114)77-49(95)20-72-48(94)18-66)52(99)74-28(2)53(100)79-35(15-46(68)92)58(105)81-36(16-47(69)93)57(104)78-33(10-11-45(67)91)55(102)82-37(17-50(96)97)59(106)80-34(13-30-6-8-32(90)9-7-30)56(103)85-40(22-113)51(70)98/h6-9,19,26-29,33-44,89-90,113-116H,4-5,10-18,20-25,66H2,1-3H3,(H2,67,91)(H2,68,92)(H2,69,93)(H2,70,98)(H,71,73)(H,72,94)(H,74,99)(H,75,108)(H,76,111)(H,77,95)(H,78,104)(H,79,100)(H,80,106)(H,81,105)(H,82,102)(H,83,107)(H,84,110)(H,85,103)(H,86,101)(H,87,109)(H,96,97)/t27-,28-,29-,33-,34-,35-,36-,37-,38-,39-,40-,41-,42-,43-,44+/m0/s1. The first-order valence-electron chi connectivity index (χ1n) is 35.3. The summed E-state index contributed by atoms with van der Waals surface area (Å²) >= 11 is 16.3. The van der Waals surface area contributed by atoms with Gasteiger partial charge in [0.25, 0.3) is 0 Å². The zero-order chi connectivity index (χ0) is 87.4. The molecule has 640 valence electrons. The number of thiol groups is 4. The molecule has 20 amide bonds. The molecule has 1 aliphatic rings. The van der Waals surface area contributed by atoms with Gasteiger partial charge < -0.3 is 134 Å². The number of aromatic hydroxyl groups is 1. The van der Waals surface area contributed by atoms with Crippen molar-refractivity contribution in [3.63, 3.8) is 0 Å². The predicted molar refractivity (Wildman–Crippen MR) is 415 cm³/mol. The molecule has 3 rings (SSSR count). The predicted octanol–water partition coefficient (Wildman–Crippen LogP) is -13.5. The fraction of sp³-hybridized carbons (Fsp3) is 0.538. The number of aromatic nitrogens is 2. The van der Waals surface area contributed by atoms with Crippen molar-refractivity contribution in [2.45, 2.75) is 169 Å². The molecule has 15 atom stereocenters. The number of aliphatic hydroxyl groups excluding tert-OH is 1. The largest absolute Gasteiger partial charge is 0.508 e. The number of hydrogen-bond acceptors (Lipinski definition) is 29. The number of likely N-dealkylation sites (tertiary alicyclic amines) is 1. The summed E-state index contributed by atoms with van der Waals surface area (Å²) in [6.45, 7) is 1.41. The maximum absolute atomic E-state index is 14.4. The number of imidazole rings is 1. The van der Waals surface area contributed by atoms with Crippen molar-refractivity contribution in [1.29, 1.82) is 0 Å². The van der Waals surface area contributed by atoms with Gasteiger partial charge in [0, 0.05) is 60.7 Å². The van der Waals surface area contributed by atoms with Crippen LogP contribution in [0.25, 0.3) is 0 Å². The van der Waals surface area contributed by atoms with Crippen molar-refractivity contribution in [3.05, 3.63) is 48.0 Å². The van der Waals surface area contributed by atoms with Crippen LogP contribution in [0, 0.1) is 0 Å². The van der Waals surface area contributed by atoms with Crippen molar-refractivity contribution in [3.8, 4) is 5.75 Å². The van der Waals surface area contributed by atoms with Crippen molar-refractivity contribution in [2.75, 3.05) is 49.3 Å². The van der Waals surface area contributed by atoms with E-state index in [2.05, 4.69) is 140 Å². The van der Waals surface area contributed by atoms with E-state index < -0.39 is 272 Å². The van der Waals surface area contributed by atoms with Crippen LogP contribution in [0.5, 0.6) is 5.75 Å². The minimum atomic E-state index is -2.12. The summed E-state index contributed by atoms with van der Waals surface area (Å²) in [4.78, 5) is 285. The van der Waals surface area contributed by atoms with Crippen LogP contribution in [-0.2, 0) is 114 Å². The number of amides is 20. The summed E-state index contributed by atoms with van der Waals surface area (Å²) in [6, 6.07) is -19.6. The Balaban J connectivity index is 1.70. The first kappa shape index (κ1) is 98.6. The van der Waals surface area contributed by atoms with E-state index in [1.165, 1.54) is 43.7 Å². The summed E-state index contributed by atoms with van der Waals surface area (Å²) in [7, 11) is 0. The maximum atomic E-state index is 14.4. The summed E-state index contributed by atoms with van der Waals surface area (Å²) < 4.78 is 0. The normalized spacial score (nSPS) is 15.8. The van der Waals surface area contributed by atoms with Gasteiger partial charge in [-0.3, -0.25) is 101 Å². The molecular weight excluding hydrogens is 1620 g/mol. The second-order valence-corrected chi connectivity index (χ2v) is 27.5. The number of carboxylic acids is 1. The Labute approximate surface area is 682 Å². The number of aliphatic hydroxyl groups is 1. The number of aliphatic carboxylic acids is 1. The number of carbonyl (C=O) groups excluding carboxylic acids is 20. The molecule has 0 saturated carbocycles. The molecule has 47 nitrogen and oxygen atoms in total. The minimum absolute atomic E-state index is 0.0436. The van der Waals surface area contributed by atoms with Gasteiger partial charge in [0.15, 0.2) is 0 Å². The van der Waals surface area contributed by atoms with Crippen LogP contribution < -0.4 is 108 Å². The molecule has 116 heavy (non-hydrogen) atoms. The number of benzene rings is 1. The van der Waals surface area contributed by atoms with Gasteiger partial charge in [-0.2, -0.15) is 50.5 Å². The monoisotopic (exact) mass is 1710 g/mol. The molecule has 0 aliphatic carbocycles. The van der Waals surface area contributed by atoms with E-state index in [1.54, 1.807) is 0 Å². The third-order valence-corrected chi connectivity index (χ3v) is 18.3. The third-order valence-electron chi connectivity index (χ3n) is 16.9. The molecule has 1 aliphatic heterocycles. The first-order chi connectivity index (χ1) is 54.6. The molecule has 1 saturated heterocycles.